The predicted octanol–water partition coefficient (Wildman–Crippen LogP) is 2.89. The first-order chi connectivity index (χ1) is 12.4. The van der Waals surface area contributed by atoms with Crippen molar-refractivity contribution >= 4 is 16.7 Å². The van der Waals surface area contributed by atoms with Crippen LogP contribution < -0.4 is 0 Å². The van der Waals surface area contributed by atoms with E-state index in [-0.39, 0.29) is 18.1 Å². The van der Waals surface area contributed by atoms with Crippen LogP contribution >= 0.6 is 0 Å². The van der Waals surface area contributed by atoms with Gasteiger partial charge in [0.15, 0.2) is 5.76 Å². The average molecular weight is 375 g/mol. The first-order valence-corrected chi connectivity index (χ1v) is 8.97. The summed E-state index contributed by atoms with van der Waals surface area (Å²) in [4.78, 5) is 15.2. The number of carboxylic acids is 1. The topological polar surface area (TPSA) is 97.5 Å². The number of rotatable bonds is 6. The molecular weight excluding hydrogens is 361 g/mol. The first kappa shape index (κ1) is 17.8. The number of aromatic nitrogens is 1. The van der Waals surface area contributed by atoms with Crippen molar-refractivity contribution in [3.8, 4) is 22.6 Å². The van der Waals surface area contributed by atoms with Crippen LogP contribution in [0.1, 0.15) is 11.5 Å². The summed E-state index contributed by atoms with van der Waals surface area (Å²) in [6.07, 6.45) is -0.386. The van der Waals surface area contributed by atoms with Gasteiger partial charge in [0, 0.05) is 11.1 Å². The Morgan fingerprint density at radius 1 is 1.04 bits per heavy atom. The van der Waals surface area contributed by atoms with E-state index in [2.05, 4.69) is 4.98 Å². The van der Waals surface area contributed by atoms with Gasteiger partial charge in [0.1, 0.15) is 28.6 Å². The van der Waals surface area contributed by atoms with Crippen LogP contribution in [0.5, 0.6) is 0 Å². The number of oxazole rings is 1. The molecule has 3 aromatic rings. The monoisotopic (exact) mass is 375 g/mol. The van der Waals surface area contributed by atoms with E-state index in [0.717, 1.165) is 0 Å². The highest BCUT2D eigenvalue weighted by atomic mass is 32.2. The van der Waals surface area contributed by atoms with Gasteiger partial charge in [0.25, 0.3) is 0 Å². The summed E-state index contributed by atoms with van der Waals surface area (Å²) in [5.74, 6) is -1.19. The smallest absolute Gasteiger partial charge is 0.312 e. The van der Waals surface area contributed by atoms with Crippen molar-refractivity contribution in [2.24, 2.45) is 0 Å². The minimum Gasteiger partial charge on any atom is -0.481 e. The van der Waals surface area contributed by atoms with Crippen molar-refractivity contribution in [1.82, 2.24) is 4.98 Å². The number of aliphatic carboxylic acids is 1. The highest BCUT2D eigenvalue weighted by molar-refractivity contribution is 7.71. The maximum atomic E-state index is 13.2. The van der Waals surface area contributed by atoms with Crippen LogP contribution in [0, 0.1) is 5.82 Å². The van der Waals surface area contributed by atoms with Gasteiger partial charge in [0.05, 0.1) is 5.75 Å². The summed E-state index contributed by atoms with van der Waals surface area (Å²) >= 11 is 0. The molecule has 0 saturated carbocycles. The van der Waals surface area contributed by atoms with Gasteiger partial charge < -0.3 is 9.52 Å². The molecule has 8 heteroatoms. The van der Waals surface area contributed by atoms with E-state index in [1.807, 2.05) is 0 Å². The van der Waals surface area contributed by atoms with Gasteiger partial charge in [-0.05, 0) is 29.8 Å². The molecule has 0 atom stereocenters. The molecule has 0 aliphatic rings. The lowest BCUT2D eigenvalue weighted by molar-refractivity contribution is -0.136. The van der Waals surface area contributed by atoms with E-state index >= 15 is 0 Å². The molecule has 1 N–H and O–H groups in total. The molecule has 0 aliphatic carbocycles. The zero-order chi connectivity index (χ0) is 18.7. The second-order valence-electron chi connectivity index (χ2n) is 5.55. The quantitative estimate of drug-likeness (QED) is 0.643. The van der Waals surface area contributed by atoms with Crippen molar-refractivity contribution in [1.29, 1.82) is 0 Å². The standard InChI is InChI=1S/C18H14FNO5S/c19-14-7-5-12(6-8-14)17-18(25-15(20-17)9-16(21)22)13-3-1-11(2-4-13)10-26(23)24/h1-8,26H,9-10H2,(H,21,22). The van der Waals surface area contributed by atoms with E-state index in [0.29, 0.717) is 28.1 Å². The number of carboxylic acid groups (broad SMARTS) is 1. The Hall–Kier alpha value is -3.00. The van der Waals surface area contributed by atoms with Crippen molar-refractivity contribution in [3.05, 3.63) is 65.8 Å². The largest absolute Gasteiger partial charge is 0.481 e. The second kappa shape index (κ2) is 7.49. The molecule has 0 radical (unpaired) electrons. The minimum absolute atomic E-state index is 0.0264. The van der Waals surface area contributed by atoms with Gasteiger partial charge in [-0.1, -0.05) is 24.3 Å². The SMILES string of the molecule is O=C(O)Cc1nc(-c2ccc(F)cc2)c(-c2ccc(C[SH](=O)=O)cc2)o1. The number of thiol groups is 1. The van der Waals surface area contributed by atoms with Crippen LogP contribution in [0.2, 0.25) is 0 Å². The lowest BCUT2D eigenvalue weighted by Crippen LogP contribution is -1.99. The van der Waals surface area contributed by atoms with E-state index in [4.69, 9.17) is 9.52 Å². The van der Waals surface area contributed by atoms with Crippen LogP contribution in [0.3, 0.4) is 0 Å². The van der Waals surface area contributed by atoms with Crippen molar-refractivity contribution < 1.29 is 27.1 Å². The van der Waals surface area contributed by atoms with Crippen LogP contribution in [-0.4, -0.2) is 24.5 Å². The Morgan fingerprint density at radius 3 is 2.23 bits per heavy atom. The molecule has 0 amide bonds. The van der Waals surface area contributed by atoms with Crippen molar-refractivity contribution in [2.75, 3.05) is 0 Å². The maximum Gasteiger partial charge on any atom is 0.312 e. The zero-order valence-electron chi connectivity index (χ0n) is 13.4. The molecule has 1 heterocycles. The molecule has 3 rings (SSSR count). The lowest BCUT2D eigenvalue weighted by Gasteiger charge is -2.03. The molecule has 0 saturated heterocycles. The highest BCUT2D eigenvalue weighted by Gasteiger charge is 2.18. The number of benzene rings is 2. The second-order valence-corrected chi connectivity index (χ2v) is 6.53. The van der Waals surface area contributed by atoms with Gasteiger partial charge in [-0.2, -0.15) is 0 Å². The highest BCUT2D eigenvalue weighted by Crippen LogP contribution is 2.33. The predicted molar refractivity (Wildman–Crippen MR) is 92.7 cm³/mol. The summed E-state index contributed by atoms with van der Waals surface area (Å²) < 4.78 is 40.4. The Kier molecular flexibility index (Phi) is 5.13. The molecular formula is C18H14FNO5S. The molecule has 2 aromatic carbocycles. The summed E-state index contributed by atoms with van der Waals surface area (Å²) in [6.45, 7) is 0. The zero-order valence-corrected chi connectivity index (χ0v) is 14.3. The Balaban J connectivity index is 2.05. The molecule has 0 fully saturated rings. The van der Waals surface area contributed by atoms with Gasteiger partial charge in [-0.25, -0.2) is 17.8 Å². The third kappa shape index (κ3) is 4.15. The van der Waals surface area contributed by atoms with Gasteiger partial charge in [-0.3, -0.25) is 4.79 Å². The number of carbonyl (C=O) groups is 1. The van der Waals surface area contributed by atoms with Crippen molar-refractivity contribution in [2.45, 2.75) is 12.2 Å². The third-order valence-corrected chi connectivity index (χ3v) is 4.24. The Morgan fingerprint density at radius 2 is 1.65 bits per heavy atom. The van der Waals surface area contributed by atoms with E-state index in [1.54, 1.807) is 24.3 Å². The number of nitrogens with zero attached hydrogens (tertiary/aromatic N) is 1. The van der Waals surface area contributed by atoms with E-state index in [1.165, 1.54) is 24.3 Å². The fraction of sp³-hybridized carbons (Fsp3) is 0.111. The van der Waals surface area contributed by atoms with Crippen molar-refractivity contribution in [3.63, 3.8) is 0 Å². The number of halogens is 1. The number of hydrogen-bond acceptors (Lipinski definition) is 5. The summed E-state index contributed by atoms with van der Waals surface area (Å²) in [6, 6.07) is 12.2. The molecule has 26 heavy (non-hydrogen) atoms. The Bertz CT molecular complexity index is 999. The fourth-order valence-electron chi connectivity index (χ4n) is 2.48. The maximum absolute atomic E-state index is 13.2. The molecule has 1 aromatic heterocycles. The molecule has 0 bridgehead atoms. The Labute approximate surface area is 149 Å². The summed E-state index contributed by atoms with van der Waals surface area (Å²) in [5, 5.41) is 8.96. The van der Waals surface area contributed by atoms with Gasteiger partial charge in [0.2, 0.25) is 5.89 Å². The third-order valence-electron chi connectivity index (χ3n) is 3.62. The van der Waals surface area contributed by atoms with Gasteiger partial charge in [-0.15, -0.1) is 0 Å². The van der Waals surface area contributed by atoms with Crippen LogP contribution in [0.4, 0.5) is 4.39 Å². The average Bonchev–Trinajstić information content (AvgIpc) is 2.98. The molecule has 134 valence electrons. The summed E-state index contributed by atoms with van der Waals surface area (Å²) in [5.41, 5.74) is 2.20. The molecule has 0 spiro atoms. The lowest BCUT2D eigenvalue weighted by atomic mass is 10.0. The molecule has 6 nitrogen and oxygen atoms in total. The normalized spacial score (nSPS) is 11.0. The molecule has 0 unspecified atom stereocenters. The van der Waals surface area contributed by atoms with Crippen LogP contribution in [-0.2, 0) is 27.7 Å². The first-order valence-electron chi connectivity index (χ1n) is 7.61. The van der Waals surface area contributed by atoms with Gasteiger partial charge >= 0.3 is 5.97 Å². The van der Waals surface area contributed by atoms with E-state index < -0.39 is 22.5 Å². The fourth-order valence-corrected chi connectivity index (χ4v) is 2.99. The summed E-state index contributed by atoms with van der Waals surface area (Å²) in [7, 11) is -2.53. The van der Waals surface area contributed by atoms with E-state index in [9.17, 15) is 17.6 Å². The molecule has 0 aliphatic heterocycles. The number of hydrogen-bond donors (Lipinski definition) is 2. The van der Waals surface area contributed by atoms with Crippen LogP contribution in [0.25, 0.3) is 22.6 Å². The van der Waals surface area contributed by atoms with Crippen LogP contribution in [0.15, 0.2) is 52.9 Å². The minimum atomic E-state index is -2.53.